The maximum Gasteiger partial charge on any atom is 0.416 e. The van der Waals surface area contributed by atoms with Crippen LogP contribution in [0.4, 0.5) is 17.6 Å². The summed E-state index contributed by atoms with van der Waals surface area (Å²) in [5.74, 6) is -1.61. The van der Waals surface area contributed by atoms with Crippen molar-refractivity contribution in [2.75, 3.05) is 6.61 Å². The van der Waals surface area contributed by atoms with Crippen LogP contribution in [0.15, 0.2) is 48.5 Å². The molecule has 2 nitrogen and oxygen atoms in total. The monoisotopic (exact) mass is 340 g/mol. The Labute approximate surface area is 137 Å². The summed E-state index contributed by atoms with van der Waals surface area (Å²) in [5, 5.41) is 0. The lowest BCUT2D eigenvalue weighted by molar-refractivity contribution is -0.137. The Hall–Kier alpha value is -2.21. The molecule has 0 N–H and O–H groups in total. The third kappa shape index (κ3) is 5.45. The molecule has 2 rings (SSSR count). The molecule has 2 aromatic rings. The minimum Gasteiger partial charge on any atom is -0.377 e. The van der Waals surface area contributed by atoms with E-state index in [2.05, 4.69) is 0 Å². The molecule has 0 spiro atoms. The molecular weight excluding hydrogens is 324 g/mol. The number of benzene rings is 2. The third-order valence-corrected chi connectivity index (χ3v) is 3.35. The number of carbonyl (C=O) groups excluding carboxylic acids is 1. The fourth-order valence-electron chi connectivity index (χ4n) is 2.16. The van der Waals surface area contributed by atoms with Crippen molar-refractivity contribution in [2.45, 2.75) is 25.6 Å². The molecule has 0 atom stereocenters. The van der Waals surface area contributed by atoms with E-state index in [0.29, 0.717) is 31.8 Å². The quantitative estimate of drug-likeness (QED) is 0.402. The van der Waals surface area contributed by atoms with Crippen LogP contribution in [-0.4, -0.2) is 12.4 Å². The SMILES string of the molecule is O=C(CCCOCc1ccccc1)c1cc(F)cc(C(F)(F)F)c1. The lowest BCUT2D eigenvalue weighted by Crippen LogP contribution is -2.09. The van der Waals surface area contributed by atoms with Crippen LogP contribution in [0.2, 0.25) is 0 Å². The highest BCUT2D eigenvalue weighted by atomic mass is 19.4. The minimum absolute atomic E-state index is 0.00442. The molecule has 6 heteroatoms. The zero-order valence-electron chi connectivity index (χ0n) is 12.8. The number of carbonyl (C=O) groups is 1. The van der Waals surface area contributed by atoms with Crippen molar-refractivity contribution in [1.29, 1.82) is 0 Å². The van der Waals surface area contributed by atoms with Crippen LogP contribution in [-0.2, 0) is 17.5 Å². The zero-order valence-corrected chi connectivity index (χ0v) is 12.8. The highest BCUT2D eigenvalue weighted by Gasteiger charge is 2.31. The van der Waals surface area contributed by atoms with Gasteiger partial charge in [-0.1, -0.05) is 30.3 Å². The highest BCUT2D eigenvalue weighted by Crippen LogP contribution is 2.30. The van der Waals surface area contributed by atoms with E-state index < -0.39 is 23.3 Å². The van der Waals surface area contributed by atoms with Crippen molar-refractivity contribution in [3.8, 4) is 0 Å². The van der Waals surface area contributed by atoms with E-state index in [9.17, 15) is 22.4 Å². The molecule has 0 aromatic heterocycles. The Bertz CT molecular complexity index is 681. The molecule has 0 saturated heterocycles. The summed E-state index contributed by atoms with van der Waals surface area (Å²) in [7, 11) is 0. The molecule has 0 unspecified atom stereocenters. The Morgan fingerprint density at radius 3 is 2.42 bits per heavy atom. The summed E-state index contributed by atoms with van der Waals surface area (Å²) in [4.78, 5) is 11.9. The minimum atomic E-state index is -4.68. The van der Waals surface area contributed by atoms with Gasteiger partial charge in [0.25, 0.3) is 0 Å². The number of ether oxygens (including phenoxy) is 1. The van der Waals surface area contributed by atoms with Crippen molar-refractivity contribution in [2.24, 2.45) is 0 Å². The number of halogens is 4. The maximum atomic E-state index is 13.3. The topological polar surface area (TPSA) is 26.3 Å². The highest BCUT2D eigenvalue weighted by molar-refractivity contribution is 5.96. The summed E-state index contributed by atoms with van der Waals surface area (Å²) in [6.45, 7) is 0.690. The van der Waals surface area contributed by atoms with Gasteiger partial charge in [-0.05, 0) is 30.2 Å². The van der Waals surface area contributed by atoms with Gasteiger partial charge in [0.1, 0.15) is 5.82 Å². The average Bonchev–Trinajstić information content (AvgIpc) is 2.54. The van der Waals surface area contributed by atoms with E-state index in [4.69, 9.17) is 4.74 Å². The first kappa shape index (κ1) is 18.1. The summed E-state index contributed by atoms with van der Waals surface area (Å²) < 4.78 is 56.6. The number of hydrogen-bond donors (Lipinski definition) is 0. The summed E-state index contributed by atoms with van der Waals surface area (Å²) in [6, 6.07) is 11.3. The first-order valence-electron chi connectivity index (χ1n) is 7.39. The summed E-state index contributed by atoms with van der Waals surface area (Å²) >= 11 is 0. The van der Waals surface area contributed by atoms with Gasteiger partial charge in [0.2, 0.25) is 0 Å². The van der Waals surface area contributed by atoms with Gasteiger partial charge >= 0.3 is 6.18 Å². The van der Waals surface area contributed by atoms with Gasteiger partial charge in [-0.25, -0.2) is 4.39 Å². The first-order valence-corrected chi connectivity index (χ1v) is 7.39. The fraction of sp³-hybridized carbons (Fsp3) is 0.278. The third-order valence-electron chi connectivity index (χ3n) is 3.35. The summed E-state index contributed by atoms with van der Waals surface area (Å²) in [5.41, 5.74) is -0.444. The Morgan fingerprint density at radius 1 is 1.04 bits per heavy atom. The van der Waals surface area contributed by atoms with Crippen LogP contribution >= 0.6 is 0 Å². The van der Waals surface area contributed by atoms with Crippen molar-refractivity contribution < 1.29 is 27.1 Å². The van der Waals surface area contributed by atoms with E-state index in [1.54, 1.807) is 0 Å². The lowest BCUT2D eigenvalue weighted by Gasteiger charge is -2.09. The van der Waals surface area contributed by atoms with Gasteiger partial charge in [0.15, 0.2) is 5.78 Å². The van der Waals surface area contributed by atoms with Crippen molar-refractivity contribution in [3.05, 3.63) is 71.0 Å². The van der Waals surface area contributed by atoms with Gasteiger partial charge in [-0.2, -0.15) is 13.2 Å². The van der Waals surface area contributed by atoms with E-state index in [-0.39, 0.29) is 12.0 Å². The van der Waals surface area contributed by atoms with Gasteiger partial charge in [-0.3, -0.25) is 4.79 Å². The van der Waals surface area contributed by atoms with Crippen LogP contribution in [0, 0.1) is 5.82 Å². The standard InChI is InChI=1S/C18H16F4O2/c19-16-10-14(9-15(11-16)18(20,21)22)17(23)7-4-8-24-12-13-5-2-1-3-6-13/h1-3,5-6,9-11H,4,7-8,12H2. The largest absolute Gasteiger partial charge is 0.416 e. The molecule has 0 fully saturated rings. The molecule has 2 aromatic carbocycles. The van der Waals surface area contributed by atoms with E-state index in [1.807, 2.05) is 30.3 Å². The predicted octanol–water partition coefficient (Wildman–Crippen LogP) is 5.02. The van der Waals surface area contributed by atoms with Gasteiger partial charge in [-0.15, -0.1) is 0 Å². The molecule has 0 aliphatic heterocycles. The second-order valence-corrected chi connectivity index (χ2v) is 5.29. The van der Waals surface area contributed by atoms with Crippen LogP contribution < -0.4 is 0 Å². The Kier molecular flexibility index (Phi) is 6.09. The predicted molar refractivity (Wildman–Crippen MR) is 81.1 cm³/mol. The van der Waals surface area contributed by atoms with E-state index in [1.165, 1.54) is 0 Å². The van der Waals surface area contributed by atoms with Crippen LogP contribution in [0.5, 0.6) is 0 Å². The second kappa shape index (κ2) is 8.06. The van der Waals surface area contributed by atoms with Gasteiger partial charge in [0, 0.05) is 18.6 Å². The molecule has 0 saturated carbocycles. The Balaban J connectivity index is 1.83. The second-order valence-electron chi connectivity index (χ2n) is 5.29. The van der Waals surface area contributed by atoms with E-state index in [0.717, 1.165) is 11.6 Å². The summed E-state index contributed by atoms with van der Waals surface area (Å²) in [6.07, 6.45) is -4.34. The number of alkyl halides is 3. The van der Waals surface area contributed by atoms with Crippen molar-refractivity contribution in [3.63, 3.8) is 0 Å². The normalized spacial score (nSPS) is 11.5. The average molecular weight is 340 g/mol. The number of Topliss-reactive ketones (excluding diaryl/α,β-unsaturated/α-hetero) is 1. The fourth-order valence-corrected chi connectivity index (χ4v) is 2.16. The molecule has 0 amide bonds. The van der Waals surface area contributed by atoms with Crippen LogP contribution in [0.25, 0.3) is 0 Å². The molecule has 128 valence electrons. The number of hydrogen-bond acceptors (Lipinski definition) is 2. The van der Waals surface area contributed by atoms with Crippen molar-refractivity contribution in [1.82, 2.24) is 0 Å². The van der Waals surface area contributed by atoms with Crippen LogP contribution in [0.3, 0.4) is 0 Å². The smallest absolute Gasteiger partial charge is 0.377 e. The number of rotatable bonds is 7. The zero-order chi connectivity index (χ0) is 17.6. The molecule has 24 heavy (non-hydrogen) atoms. The molecule has 0 aliphatic carbocycles. The molecule has 0 bridgehead atoms. The van der Waals surface area contributed by atoms with Crippen molar-refractivity contribution >= 4 is 5.78 Å². The molecule has 0 heterocycles. The first-order chi connectivity index (χ1) is 11.4. The maximum absolute atomic E-state index is 13.3. The molecule has 0 aliphatic rings. The van der Waals surface area contributed by atoms with E-state index >= 15 is 0 Å². The number of ketones is 1. The Morgan fingerprint density at radius 2 is 1.75 bits per heavy atom. The van der Waals surface area contributed by atoms with Gasteiger partial charge in [0.05, 0.1) is 12.2 Å². The molecule has 0 radical (unpaired) electrons. The van der Waals surface area contributed by atoms with Crippen LogP contribution in [0.1, 0.15) is 34.3 Å². The van der Waals surface area contributed by atoms with Gasteiger partial charge < -0.3 is 4.74 Å². The molecular formula is C18H16F4O2. The lowest BCUT2D eigenvalue weighted by atomic mass is 10.0.